The molecular formula is C12H16N2O. The second-order valence-corrected chi connectivity index (χ2v) is 4.71. The van der Waals surface area contributed by atoms with Crippen molar-refractivity contribution < 1.29 is 4.52 Å². The Hall–Kier alpha value is -1.09. The van der Waals surface area contributed by atoms with Gasteiger partial charge in [-0.2, -0.15) is 0 Å². The molecule has 2 unspecified atom stereocenters. The zero-order valence-corrected chi connectivity index (χ0v) is 8.78. The number of fused-ring (bicyclic) bond motifs is 2. The Kier molecular flexibility index (Phi) is 2.33. The van der Waals surface area contributed by atoms with Gasteiger partial charge in [0.15, 0.2) is 0 Å². The third-order valence-electron chi connectivity index (χ3n) is 3.54. The highest BCUT2D eigenvalue weighted by Crippen LogP contribution is 2.33. The van der Waals surface area contributed by atoms with Gasteiger partial charge in [-0.1, -0.05) is 11.2 Å². The lowest BCUT2D eigenvalue weighted by Crippen LogP contribution is -2.35. The van der Waals surface area contributed by atoms with Crippen molar-refractivity contribution in [3.05, 3.63) is 24.1 Å². The summed E-state index contributed by atoms with van der Waals surface area (Å²) in [7, 11) is 0. The van der Waals surface area contributed by atoms with E-state index < -0.39 is 0 Å². The molecule has 0 amide bonds. The second-order valence-electron chi connectivity index (χ2n) is 4.71. The summed E-state index contributed by atoms with van der Waals surface area (Å²) in [6.07, 6.45) is 9.71. The topological polar surface area (TPSA) is 38.1 Å². The Morgan fingerprint density at radius 1 is 1.33 bits per heavy atom. The fourth-order valence-corrected chi connectivity index (χ4v) is 2.77. The van der Waals surface area contributed by atoms with Gasteiger partial charge in [0, 0.05) is 5.56 Å². The molecule has 2 heterocycles. The summed E-state index contributed by atoms with van der Waals surface area (Å²) in [6.45, 7) is 2.35. The molecule has 1 aliphatic heterocycles. The number of nitrogens with zero attached hydrogens (tertiary/aromatic N) is 1. The third kappa shape index (κ3) is 1.84. The molecule has 1 aliphatic carbocycles. The van der Waals surface area contributed by atoms with Gasteiger partial charge in [-0.15, -0.1) is 0 Å². The molecule has 15 heavy (non-hydrogen) atoms. The van der Waals surface area contributed by atoms with E-state index in [9.17, 15) is 0 Å². The average molecular weight is 204 g/mol. The molecule has 80 valence electrons. The highest BCUT2D eigenvalue weighted by Gasteiger charge is 2.25. The maximum atomic E-state index is 4.91. The van der Waals surface area contributed by atoms with E-state index in [2.05, 4.69) is 16.5 Å². The fourth-order valence-electron chi connectivity index (χ4n) is 2.77. The number of allylic oxidation sites excluding steroid dienone is 2. The van der Waals surface area contributed by atoms with Crippen molar-refractivity contribution in [2.75, 3.05) is 13.1 Å². The first kappa shape index (κ1) is 9.16. The van der Waals surface area contributed by atoms with E-state index in [0.717, 1.165) is 11.8 Å². The molecule has 1 saturated heterocycles. The minimum Gasteiger partial charge on any atom is -0.364 e. The quantitative estimate of drug-likeness (QED) is 0.761. The van der Waals surface area contributed by atoms with E-state index in [0.29, 0.717) is 0 Å². The predicted molar refractivity (Wildman–Crippen MR) is 58.2 cm³/mol. The first-order valence-corrected chi connectivity index (χ1v) is 5.71. The van der Waals surface area contributed by atoms with Crippen LogP contribution in [0.25, 0.3) is 5.57 Å². The van der Waals surface area contributed by atoms with Gasteiger partial charge in [0.05, 0.1) is 6.20 Å². The molecule has 3 nitrogen and oxygen atoms in total. The fraction of sp³-hybridized carbons (Fsp3) is 0.583. The molecule has 0 radical (unpaired) electrons. The summed E-state index contributed by atoms with van der Waals surface area (Å²) < 4.78 is 4.91. The molecule has 0 saturated carbocycles. The third-order valence-corrected chi connectivity index (χ3v) is 3.54. The minimum absolute atomic E-state index is 0.799. The molecule has 1 fully saturated rings. The maximum Gasteiger partial charge on any atom is 0.131 e. The SMILES string of the molecule is C1=C(c2cnoc2)CC2CNCC(C1)C2. The smallest absolute Gasteiger partial charge is 0.131 e. The Morgan fingerprint density at radius 3 is 3.13 bits per heavy atom. The number of rotatable bonds is 1. The highest BCUT2D eigenvalue weighted by atomic mass is 16.5. The largest absolute Gasteiger partial charge is 0.364 e. The number of nitrogens with one attached hydrogen (secondary N) is 1. The maximum absolute atomic E-state index is 4.91. The van der Waals surface area contributed by atoms with Crippen LogP contribution in [0.4, 0.5) is 0 Å². The van der Waals surface area contributed by atoms with Crippen molar-refractivity contribution in [1.29, 1.82) is 0 Å². The Labute approximate surface area is 89.5 Å². The van der Waals surface area contributed by atoms with Crippen LogP contribution >= 0.6 is 0 Å². The molecule has 2 bridgehead atoms. The van der Waals surface area contributed by atoms with Gasteiger partial charge in [0.1, 0.15) is 6.26 Å². The van der Waals surface area contributed by atoms with Crippen LogP contribution < -0.4 is 5.32 Å². The van der Waals surface area contributed by atoms with Crippen molar-refractivity contribution in [2.24, 2.45) is 11.8 Å². The van der Waals surface area contributed by atoms with Gasteiger partial charge >= 0.3 is 0 Å². The standard InChI is InChI=1S/C12H16N2O/c1-2-11(12-7-14-15-8-12)4-10-3-9(1)5-13-6-10/h2,7-10,13H,1,3-6H2. The number of hydrogen-bond donors (Lipinski definition) is 1. The molecule has 1 aromatic heterocycles. The molecule has 2 aliphatic rings. The Morgan fingerprint density at radius 2 is 2.27 bits per heavy atom. The molecule has 0 spiro atoms. The van der Waals surface area contributed by atoms with E-state index in [-0.39, 0.29) is 0 Å². The van der Waals surface area contributed by atoms with Crippen LogP contribution in [-0.2, 0) is 0 Å². The van der Waals surface area contributed by atoms with Gasteiger partial charge in [-0.05, 0) is 49.8 Å². The Balaban J connectivity index is 1.84. The molecule has 3 rings (SSSR count). The summed E-state index contributed by atoms with van der Waals surface area (Å²) in [5.41, 5.74) is 2.59. The van der Waals surface area contributed by atoms with E-state index >= 15 is 0 Å². The Bertz CT molecular complexity index is 356. The summed E-state index contributed by atoms with van der Waals surface area (Å²) in [5.74, 6) is 1.63. The average Bonchev–Trinajstić information content (AvgIpc) is 2.74. The molecule has 1 aromatic rings. The zero-order valence-electron chi connectivity index (χ0n) is 8.78. The first-order valence-electron chi connectivity index (χ1n) is 5.71. The van der Waals surface area contributed by atoms with Crippen LogP contribution in [0.15, 0.2) is 23.1 Å². The van der Waals surface area contributed by atoms with Crippen LogP contribution in [0, 0.1) is 11.8 Å². The number of piperidine rings is 1. The van der Waals surface area contributed by atoms with Gasteiger partial charge in [-0.3, -0.25) is 0 Å². The van der Waals surface area contributed by atoms with Gasteiger partial charge in [0.25, 0.3) is 0 Å². The van der Waals surface area contributed by atoms with Gasteiger partial charge < -0.3 is 9.84 Å². The monoisotopic (exact) mass is 204 g/mol. The normalized spacial score (nSPS) is 30.8. The van der Waals surface area contributed by atoms with Crippen LogP contribution in [0.2, 0.25) is 0 Å². The van der Waals surface area contributed by atoms with E-state index in [1.54, 1.807) is 6.26 Å². The molecule has 1 N–H and O–H groups in total. The number of aromatic nitrogens is 1. The summed E-state index contributed by atoms with van der Waals surface area (Å²) >= 11 is 0. The van der Waals surface area contributed by atoms with Crippen LogP contribution in [0.1, 0.15) is 24.8 Å². The van der Waals surface area contributed by atoms with Gasteiger partial charge in [0.2, 0.25) is 0 Å². The molecule has 0 aromatic carbocycles. The molecular weight excluding hydrogens is 188 g/mol. The zero-order chi connectivity index (χ0) is 10.1. The number of hydrogen-bond acceptors (Lipinski definition) is 3. The molecule has 3 heteroatoms. The van der Waals surface area contributed by atoms with Crippen molar-refractivity contribution >= 4 is 5.57 Å². The van der Waals surface area contributed by atoms with E-state index in [4.69, 9.17) is 4.52 Å². The van der Waals surface area contributed by atoms with Crippen LogP contribution in [0.3, 0.4) is 0 Å². The van der Waals surface area contributed by atoms with E-state index in [1.807, 2.05) is 6.20 Å². The van der Waals surface area contributed by atoms with Crippen molar-refractivity contribution in [3.8, 4) is 0 Å². The lowest BCUT2D eigenvalue weighted by molar-refractivity contribution is 0.298. The second kappa shape index (κ2) is 3.81. The van der Waals surface area contributed by atoms with E-state index in [1.165, 1.54) is 43.5 Å². The lowest BCUT2D eigenvalue weighted by atomic mass is 9.88. The van der Waals surface area contributed by atoms with Crippen molar-refractivity contribution in [1.82, 2.24) is 10.5 Å². The van der Waals surface area contributed by atoms with Gasteiger partial charge in [-0.25, -0.2) is 0 Å². The van der Waals surface area contributed by atoms with Crippen molar-refractivity contribution in [2.45, 2.75) is 19.3 Å². The van der Waals surface area contributed by atoms with Crippen molar-refractivity contribution in [3.63, 3.8) is 0 Å². The minimum atomic E-state index is 0.799. The highest BCUT2D eigenvalue weighted by molar-refractivity contribution is 5.64. The lowest BCUT2D eigenvalue weighted by Gasteiger charge is -2.27. The van der Waals surface area contributed by atoms with Crippen LogP contribution in [-0.4, -0.2) is 18.2 Å². The molecule has 2 atom stereocenters. The predicted octanol–water partition coefficient (Wildman–Crippen LogP) is 2.08. The summed E-state index contributed by atoms with van der Waals surface area (Å²) in [6, 6.07) is 0. The summed E-state index contributed by atoms with van der Waals surface area (Å²) in [5, 5.41) is 7.30. The summed E-state index contributed by atoms with van der Waals surface area (Å²) in [4.78, 5) is 0. The van der Waals surface area contributed by atoms with Crippen LogP contribution in [0.5, 0.6) is 0 Å². The first-order chi connectivity index (χ1) is 7.42.